The average Bonchev–Trinajstić information content (AvgIpc) is 3.35. The van der Waals surface area contributed by atoms with Crippen molar-refractivity contribution in [1.82, 2.24) is 0 Å². The molecular weight excluding hydrogens is 688 g/mol. The molecule has 4 bridgehead atoms. The van der Waals surface area contributed by atoms with Crippen LogP contribution in [0.2, 0.25) is 0 Å². The summed E-state index contributed by atoms with van der Waals surface area (Å²) in [7, 11) is 0. The van der Waals surface area contributed by atoms with E-state index in [1.54, 1.807) is 69.3 Å². The largest absolute Gasteiger partial charge is 0.459 e. The van der Waals surface area contributed by atoms with Crippen molar-refractivity contribution in [3.63, 3.8) is 0 Å². The Balaban J connectivity index is 1.60. The number of esters is 4. The van der Waals surface area contributed by atoms with Crippen molar-refractivity contribution in [3.8, 4) is 0 Å². The number of benzene rings is 2. The third kappa shape index (κ3) is 5.07. The molecule has 14 atom stereocenters. The second-order valence-electron chi connectivity index (χ2n) is 15.5. The summed E-state index contributed by atoms with van der Waals surface area (Å²) in [6.45, 7) is 14.1. The van der Waals surface area contributed by atoms with E-state index < -0.39 is 106 Å². The average molecular weight is 735 g/mol. The second-order valence-corrected chi connectivity index (χ2v) is 15.5. The molecule has 1 unspecified atom stereocenters. The maximum atomic E-state index is 14.5. The molecule has 2 aromatic carbocycles. The molecule has 3 aliphatic heterocycles. The third-order valence-corrected chi connectivity index (χ3v) is 12.2. The van der Waals surface area contributed by atoms with Gasteiger partial charge in [-0.1, -0.05) is 69.0 Å². The number of rotatable bonds is 7. The summed E-state index contributed by atoms with van der Waals surface area (Å²) in [5.41, 5.74) is -7.39. The lowest BCUT2D eigenvalue weighted by molar-refractivity contribution is -0.586. The highest BCUT2D eigenvalue weighted by molar-refractivity contribution is 5.90. The molecule has 284 valence electrons. The van der Waals surface area contributed by atoms with Crippen LogP contribution in [-0.4, -0.2) is 87.0 Å². The van der Waals surface area contributed by atoms with Gasteiger partial charge < -0.3 is 43.4 Å². The zero-order valence-electron chi connectivity index (χ0n) is 30.8. The van der Waals surface area contributed by atoms with Gasteiger partial charge in [0, 0.05) is 38.2 Å². The molecule has 8 rings (SSSR count). The molecule has 6 aliphatic rings. The molecule has 6 fully saturated rings. The molecule has 13 heteroatoms. The first kappa shape index (κ1) is 37.2. The van der Waals surface area contributed by atoms with Gasteiger partial charge in [0.2, 0.25) is 0 Å². The molecule has 0 amide bonds. The fourth-order valence-electron chi connectivity index (χ4n) is 10.4. The van der Waals surface area contributed by atoms with E-state index in [1.165, 1.54) is 26.0 Å². The van der Waals surface area contributed by atoms with Crippen LogP contribution in [0.25, 0.3) is 0 Å². The highest BCUT2D eigenvalue weighted by Crippen LogP contribution is 2.72. The third-order valence-electron chi connectivity index (χ3n) is 12.2. The number of aliphatic hydroxyl groups is 2. The van der Waals surface area contributed by atoms with Crippen molar-refractivity contribution in [1.29, 1.82) is 0 Å². The second kappa shape index (κ2) is 12.5. The van der Waals surface area contributed by atoms with Gasteiger partial charge >= 0.3 is 29.9 Å². The van der Waals surface area contributed by atoms with Gasteiger partial charge in [0.25, 0.3) is 0 Å². The van der Waals surface area contributed by atoms with Crippen LogP contribution in [0.15, 0.2) is 72.8 Å². The summed E-state index contributed by atoms with van der Waals surface area (Å²) >= 11 is 0. The van der Waals surface area contributed by atoms with E-state index in [9.17, 15) is 29.4 Å². The number of carbonyl (C=O) groups is 4. The summed E-state index contributed by atoms with van der Waals surface area (Å²) in [5, 5.41) is 25.9. The lowest BCUT2D eigenvalue weighted by Crippen LogP contribution is -2.86. The van der Waals surface area contributed by atoms with Crippen LogP contribution in [0.1, 0.15) is 70.8 Å². The molecule has 3 saturated carbocycles. The van der Waals surface area contributed by atoms with Crippen molar-refractivity contribution < 1.29 is 62.5 Å². The Morgan fingerprint density at radius 2 is 1.34 bits per heavy atom. The van der Waals surface area contributed by atoms with E-state index in [4.69, 9.17) is 33.2 Å². The summed E-state index contributed by atoms with van der Waals surface area (Å²) < 4.78 is 45.7. The van der Waals surface area contributed by atoms with Crippen molar-refractivity contribution in [2.75, 3.05) is 0 Å². The summed E-state index contributed by atoms with van der Waals surface area (Å²) in [6.07, 6.45) is -7.12. The molecule has 53 heavy (non-hydrogen) atoms. The van der Waals surface area contributed by atoms with Crippen LogP contribution in [-0.2, 0) is 53.5 Å². The van der Waals surface area contributed by atoms with E-state index in [2.05, 4.69) is 6.58 Å². The number of carbonyl (C=O) groups excluding carboxylic acids is 4. The summed E-state index contributed by atoms with van der Waals surface area (Å²) in [5.74, 6) is -9.01. The predicted octanol–water partition coefficient (Wildman–Crippen LogP) is 3.73. The zero-order chi connectivity index (χ0) is 38.5. The van der Waals surface area contributed by atoms with Gasteiger partial charge in [-0.15, -0.1) is 0 Å². The fraction of sp³-hybridized carbons (Fsp3) is 0.550. The van der Waals surface area contributed by atoms with Crippen molar-refractivity contribution in [3.05, 3.63) is 83.9 Å². The smallest absolute Gasteiger partial charge is 0.338 e. The quantitative estimate of drug-likeness (QED) is 0.240. The van der Waals surface area contributed by atoms with Gasteiger partial charge in [-0.25, -0.2) is 4.79 Å². The lowest BCUT2D eigenvalue weighted by Gasteiger charge is -2.73. The van der Waals surface area contributed by atoms with Gasteiger partial charge in [0.1, 0.15) is 35.6 Å². The van der Waals surface area contributed by atoms with Crippen LogP contribution < -0.4 is 0 Å². The molecule has 3 saturated heterocycles. The number of fused-ring (bicyclic) bond motifs is 1. The van der Waals surface area contributed by atoms with Gasteiger partial charge in [-0.2, -0.15) is 0 Å². The van der Waals surface area contributed by atoms with Crippen LogP contribution >= 0.6 is 0 Å². The highest BCUT2D eigenvalue weighted by Gasteiger charge is 2.88. The van der Waals surface area contributed by atoms with Crippen LogP contribution in [0.3, 0.4) is 0 Å². The molecule has 0 aromatic heterocycles. The monoisotopic (exact) mass is 734 g/mol. The number of ether oxygens (including phenoxy) is 7. The van der Waals surface area contributed by atoms with E-state index in [1.807, 2.05) is 0 Å². The molecular formula is C40H46O13. The van der Waals surface area contributed by atoms with E-state index in [0.717, 1.165) is 13.8 Å². The molecule has 2 aromatic rings. The Bertz CT molecular complexity index is 1830. The van der Waals surface area contributed by atoms with E-state index in [-0.39, 0.29) is 17.6 Å². The summed E-state index contributed by atoms with van der Waals surface area (Å²) in [4.78, 5) is 53.8. The topological polar surface area (TPSA) is 173 Å². The van der Waals surface area contributed by atoms with Crippen LogP contribution in [0.5, 0.6) is 0 Å². The van der Waals surface area contributed by atoms with Crippen molar-refractivity contribution >= 4 is 23.9 Å². The minimum absolute atomic E-state index is 0.122. The molecule has 3 heterocycles. The van der Waals surface area contributed by atoms with Crippen LogP contribution in [0, 0.1) is 23.7 Å². The summed E-state index contributed by atoms with van der Waals surface area (Å²) in [6, 6.07) is 16.9. The first-order chi connectivity index (χ1) is 24.9. The number of hydrogen-bond acceptors (Lipinski definition) is 13. The maximum Gasteiger partial charge on any atom is 0.338 e. The Morgan fingerprint density at radius 1 is 0.792 bits per heavy atom. The van der Waals surface area contributed by atoms with Crippen molar-refractivity contribution in [2.45, 2.75) is 114 Å². The first-order valence-corrected chi connectivity index (χ1v) is 17.9. The highest BCUT2D eigenvalue weighted by atomic mass is 16.9. The zero-order valence-corrected chi connectivity index (χ0v) is 30.8. The van der Waals surface area contributed by atoms with Gasteiger partial charge in [-0.3, -0.25) is 14.4 Å². The Labute approximate surface area is 307 Å². The molecule has 13 nitrogen and oxygen atoms in total. The normalized spacial score (nSPS) is 43.5. The Morgan fingerprint density at radius 3 is 1.91 bits per heavy atom. The SMILES string of the molecule is C=C(C)[C@@]1(O)[C@@H]2OC3(c4ccccc4)O[C@H]1[C@@H](C)[C@@]1(O3)[C@H]2[C@H](OC(C)=O)[C@@](C)(O)[C@@H](OC(C)=O)[C@@]2(OC(=O)c3ccccc3)[C@H]1C[C@H](C)[C@@H]2OC(C)=O. The van der Waals surface area contributed by atoms with Gasteiger partial charge in [0.15, 0.2) is 11.7 Å². The fourth-order valence-corrected chi connectivity index (χ4v) is 10.4. The molecule has 1 spiro atoms. The maximum absolute atomic E-state index is 14.5. The molecule has 3 aliphatic carbocycles. The van der Waals surface area contributed by atoms with E-state index >= 15 is 0 Å². The predicted molar refractivity (Wildman–Crippen MR) is 183 cm³/mol. The minimum Gasteiger partial charge on any atom is -0.459 e. The number of hydrogen-bond donors (Lipinski definition) is 2. The lowest BCUT2D eigenvalue weighted by atomic mass is 9.51. The molecule has 2 N–H and O–H groups in total. The van der Waals surface area contributed by atoms with Crippen LogP contribution in [0.4, 0.5) is 0 Å². The van der Waals surface area contributed by atoms with Gasteiger partial charge in [0.05, 0.1) is 17.1 Å². The Kier molecular flexibility index (Phi) is 8.74. The Hall–Kier alpha value is -4.14. The minimum atomic E-state index is -2.43. The standard InChI is InChI=1S/C40H46O13/c1-20(2)37(46)31-22(4)38-28-19-21(3)30(47-23(5)41)39(28,52-34(44)26-15-11-9-12-16-26)35(49-25(7)43)36(8,45)32(48-24(6)42)29(38)33(37)51-40(50-31,53-38)27-17-13-10-14-18-27/h9-18,21-22,28-33,35,45-46H,1,19H2,2-8H3/t21-,22+,28-,29-,30-,31-,32-,33+,35+,36+,37-,38-,39+,40?/m0/s1. The van der Waals surface area contributed by atoms with Crippen molar-refractivity contribution in [2.24, 2.45) is 23.7 Å². The first-order valence-electron chi connectivity index (χ1n) is 17.9. The van der Waals surface area contributed by atoms with Gasteiger partial charge in [-0.05, 0) is 43.9 Å². The van der Waals surface area contributed by atoms with E-state index in [0.29, 0.717) is 5.56 Å². The molecule has 0 radical (unpaired) electrons.